The molecule has 0 spiro atoms. The SMILES string of the molecule is O=C(Cc1ccc(-n2cnnn2)cc1)Nc1nnc([C@H]2CCCO2)s1. The molecule has 3 aromatic rings. The number of amides is 1. The average Bonchev–Trinajstić information content (AvgIpc) is 3.37. The molecule has 0 unspecified atom stereocenters. The van der Waals surface area contributed by atoms with E-state index in [0.29, 0.717) is 5.13 Å². The zero-order chi connectivity index (χ0) is 17.1. The molecule has 9 nitrogen and oxygen atoms in total. The Bertz CT molecular complexity index is 841. The lowest BCUT2D eigenvalue weighted by Crippen LogP contribution is -2.14. The van der Waals surface area contributed by atoms with Crippen molar-refractivity contribution in [3.05, 3.63) is 41.2 Å². The molecule has 1 N–H and O–H groups in total. The molecule has 1 saturated heterocycles. The van der Waals surface area contributed by atoms with Crippen LogP contribution >= 0.6 is 11.3 Å². The largest absolute Gasteiger partial charge is 0.371 e. The number of hydrogen-bond acceptors (Lipinski definition) is 8. The molecule has 1 aliphatic heterocycles. The fraction of sp³-hybridized carbons (Fsp3) is 0.333. The lowest BCUT2D eigenvalue weighted by molar-refractivity contribution is -0.115. The van der Waals surface area contributed by atoms with E-state index >= 15 is 0 Å². The fourth-order valence-corrected chi connectivity index (χ4v) is 3.43. The number of nitrogens with zero attached hydrogens (tertiary/aromatic N) is 6. The summed E-state index contributed by atoms with van der Waals surface area (Å²) in [5.74, 6) is -0.134. The van der Waals surface area contributed by atoms with E-state index in [9.17, 15) is 4.79 Å². The highest BCUT2D eigenvalue weighted by molar-refractivity contribution is 7.15. The molecule has 1 atom stereocenters. The van der Waals surface area contributed by atoms with Crippen molar-refractivity contribution in [2.45, 2.75) is 25.4 Å². The third-order valence-electron chi connectivity index (χ3n) is 3.81. The number of aromatic nitrogens is 6. The van der Waals surface area contributed by atoms with Crippen molar-refractivity contribution in [1.29, 1.82) is 0 Å². The Balaban J connectivity index is 1.35. The Morgan fingerprint density at radius 2 is 2.20 bits per heavy atom. The number of anilines is 1. The van der Waals surface area contributed by atoms with E-state index in [1.54, 1.807) is 4.68 Å². The van der Waals surface area contributed by atoms with Crippen LogP contribution in [0.5, 0.6) is 0 Å². The standard InChI is InChI=1S/C15H15N7O2S/c23-13(17-15-19-18-14(25-15)12-2-1-7-24-12)8-10-3-5-11(6-4-10)22-9-16-20-21-22/h3-6,9,12H,1-2,7-8H2,(H,17,19,23)/t12-/m1/s1. The topological polar surface area (TPSA) is 108 Å². The molecule has 0 radical (unpaired) electrons. The van der Waals surface area contributed by atoms with E-state index in [1.165, 1.54) is 17.7 Å². The summed E-state index contributed by atoms with van der Waals surface area (Å²) in [4.78, 5) is 12.2. The molecular formula is C15H15N7O2S. The average molecular weight is 357 g/mol. The second-order valence-electron chi connectivity index (χ2n) is 5.59. The number of nitrogens with one attached hydrogen (secondary N) is 1. The predicted octanol–water partition coefficient (Wildman–Crippen LogP) is 1.55. The lowest BCUT2D eigenvalue weighted by atomic mass is 10.1. The zero-order valence-corrected chi connectivity index (χ0v) is 14.0. The third kappa shape index (κ3) is 3.69. The van der Waals surface area contributed by atoms with Crippen LogP contribution in [-0.2, 0) is 16.0 Å². The van der Waals surface area contributed by atoms with E-state index < -0.39 is 0 Å². The highest BCUT2D eigenvalue weighted by Crippen LogP contribution is 2.31. The summed E-state index contributed by atoms with van der Waals surface area (Å²) in [7, 11) is 0. The van der Waals surface area contributed by atoms with Crippen LogP contribution in [0.1, 0.15) is 29.5 Å². The number of hydrogen-bond donors (Lipinski definition) is 1. The summed E-state index contributed by atoms with van der Waals surface area (Å²) >= 11 is 1.37. The minimum atomic E-state index is -0.134. The molecule has 1 aromatic carbocycles. The maximum atomic E-state index is 12.2. The van der Waals surface area contributed by atoms with Crippen molar-refractivity contribution in [3.63, 3.8) is 0 Å². The maximum Gasteiger partial charge on any atom is 0.230 e. The van der Waals surface area contributed by atoms with Gasteiger partial charge in [-0.2, -0.15) is 0 Å². The van der Waals surface area contributed by atoms with Gasteiger partial charge in [-0.15, -0.1) is 15.3 Å². The number of tetrazole rings is 1. The van der Waals surface area contributed by atoms with E-state index in [1.807, 2.05) is 24.3 Å². The third-order valence-corrected chi connectivity index (χ3v) is 4.74. The summed E-state index contributed by atoms with van der Waals surface area (Å²) in [6.45, 7) is 0.757. The summed E-state index contributed by atoms with van der Waals surface area (Å²) in [5, 5.41) is 23.2. The first-order chi connectivity index (χ1) is 12.3. The molecule has 1 aliphatic rings. The second-order valence-corrected chi connectivity index (χ2v) is 6.60. The van der Waals surface area contributed by atoms with Crippen molar-refractivity contribution in [1.82, 2.24) is 30.4 Å². The normalized spacial score (nSPS) is 16.9. The highest BCUT2D eigenvalue weighted by atomic mass is 32.1. The van der Waals surface area contributed by atoms with Gasteiger partial charge in [0.2, 0.25) is 11.0 Å². The van der Waals surface area contributed by atoms with Crippen LogP contribution in [-0.4, -0.2) is 42.9 Å². The maximum absolute atomic E-state index is 12.2. The van der Waals surface area contributed by atoms with Gasteiger partial charge in [0, 0.05) is 6.61 Å². The number of carbonyl (C=O) groups is 1. The van der Waals surface area contributed by atoms with Gasteiger partial charge in [-0.25, -0.2) is 4.68 Å². The molecule has 1 fully saturated rings. The van der Waals surface area contributed by atoms with Crippen LogP contribution < -0.4 is 5.32 Å². The monoisotopic (exact) mass is 357 g/mol. The molecule has 4 rings (SSSR count). The molecule has 1 amide bonds. The number of rotatable bonds is 5. The molecular weight excluding hydrogens is 342 g/mol. The van der Waals surface area contributed by atoms with Crippen molar-refractivity contribution >= 4 is 22.4 Å². The molecule has 0 aliphatic carbocycles. The van der Waals surface area contributed by atoms with E-state index in [4.69, 9.17) is 4.74 Å². The van der Waals surface area contributed by atoms with Crippen molar-refractivity contribution in [2.75, 3.05) is 11.9 Å². The van der Waals surface area contributed by atoms with Crippen molar-refractivity contribution in [3.8, 4) is 5.69 Å². The van der Waals surface area contributed by atoms with Crippen LogP contribution in [0.4, 0.5) is 5.13 Å². The highest BCUT2D eigenvalue weighted by Gasteiger charge is 2.22. The summed E-state index contributed by atoms with van der Waals surface area (Å²) in [6.07, 6.45) is 3.78. The molecule has 0 bridgehead atoms. The Morgan fingerprint density at radius 3 is 2.92 bits per heavy atom. The first-order valence-electron chi connectivity index (χ1n) is 7.85. The quantitative estimate of drug-likeness (QED) is 0.738. The minimum Gasteiger partial charge on any atom is -0.371 e. The van der Waals surface area contributed by atoms with Crippen molar-refractivity contribution in [2.24, 2.45) is 0 Å². The molecule has 25 heavy (non-hydrogen) atoms. The first kappa shape index (κ1) is 15.8. The molecule has 128 valence electrons. The van der Waals surface area contributed by atoms with Gasteiger partial charge in [0.15, 0.2) is 0 Å². The van der Waals surface area contributed by atoms with Gasteiger partial charge >= 0.3 is 0 Å². The van der Waals surface area contributed by atoms with E-state index in [0.717, 1.165) is 35.7 Å². The minimum absolute atomic E-state index is 0.0157. The van der Waals surface area contributed by atoms with Crippen LogP contribution in [0.15, 0.2) is 30.6 Å². The number of benzene rings is 1. The Labute approximate surface area is 147 Å². The van der Waals surface area contributed by atoms with Crippen LogP contribution in [0.25, 0.3) is 5.69 Å². The summed E-state index contributed by atoms with van der Waals surface area (Å²) in [5.41, 5.74) is 1.72. The number of ether oxygens (including phenoxy) is 1. The van der Waals surface area contributed by atoms with E-state index in [2.05, 4.69) is 31.0 Å². The first-order valence-corrected chi connectivity index (χ1v) is 8.67. The smallest absolute Gasteiger partial charge is 0.230 e. The summed E-state index contributed by atoms with van der Waals surface area (Å²) in [6, 6.07) is 7.46. The Hall–Kier alpha value is -2.72. The summed E-state index contributed by atoms with van der Waals surface area (Å²) < 4.78 is 7.13. The van der Waals surface area contributed by atoms with Crippen LogP contribution in [0.2, 0.25) is 0 Å². The number of carbonyl (C=O) groups excluding carboxylic acids is 1. The van der Waals surface area contributed by atoms with Gasteiger partial charge in [-0.3, -0.25) is 4.79 Å². The second kappa shape index (κ2) is 7.03. The van der Waals surface area contributed by atoms with Gasteiger partial charge < -0.3 is 10.1 Å². The van der Waals surface area contributed by atoms with E-state index in [-0.39, 0.29) is 18.4 Å². The molecule has 10 heteroatoms. The van der Waals surface area contributed by atoms with Gasteiger partial charge in [-0.05, 0) is 41.0 Å². The van der Waals surface area contributed by atoms with Gasteiger partial charge in [0.05, 0.1) is 12.1 Å². The van der Waals surface area contributed by atoms with Gasteiger partial charge in [-0.1, -0.05) is 23.5 Å². The van der Waals surface area contributed by atoms with Crippen molar-refractivity contribution < 1.29 is 9.53 Å². The molecule has 3 heterocycles. The Kier molecular flexibility index (Phi) is 4.44. The lowest BCUT2D eigenvalue weighted by Gasteiger charge is -2.04. The van der Waals surface area contributed by atoms with Gasteiger partial charge in [0.1, 0.15) is 17.4 Å². The van der Waals surface area contributed by atoms with Gasteiger partial charge in [0.25, 0.3) is 0 Å². The predicted molar refractivity (Wildman–Crippen MR) is 89.3 cm³/mol. The molecule has 0 saturated carbocycles. The zero-order valence-electron chi connectivity index (χ0n) is 13.2. The van der Waals surface area contributed by atoms with Crippen LogP contribution in [0, 0.1) is 0 Å². The molecule has 2 aromatic heterocycles. The Morgan fingerprint density at radius 1 is 1.32 bits per heavy atom. The fourth-order valence-electron chi connectivity index (χ4n) is 2.58. The van der Waals surface area contributed by atoms with Crippen LogP contribution in [0.3, 0.4) is 0 Å².